The second-order valence-corrected chi connectivity index (χ2v) is 6.54. The van der Waals surface area contributed by atoms with Crippen molar-refractivity contribution in [3.05, 3.63) is 28.2 Å². The zero-order valence-electron chi connectivity index (χ0n) is 11.5. The molecule has 0 unspecified atom stereocenters. The molecule has 0 aliphatic heterocycles. The highest BCUT2D eigenvalue weighted by molar-refractivity contribution is 9.10. The van der Waals surface area contributed by atoms with Crippen molar-refractivity contribution in [1.29, 1.82) is 0 Å². The van der Waals surface area contributed by atoms with E-state index in [9.17, 15) is 0 Å². The lowest BCUT2D eigenvalue weighted by Crippen LogP contribution is -2.14. The minimum absolute atomic E-state index is 0.976. The van der Waals surface area contributed by atoms with Gasteiger partial charge < -0.3 is 5.32 Å². The predicted octanol–water partition coefficient (Wildman–Crippen LogP) is 5.23. The third kappa shape index (κ3) is 6.26. The molecule has 0 radical (unpaired) electrons. The van der Waals surface area contributed by atoms with Crippen molar-refractivity contribution in [2.75, 3.05) is 12.3 Å². The Hall–Kier alpha value is 0.01000. The number of hydrogen-bond acceptors (Lipinski definition) is 2. The molecular formula is C15H24BrNS. The van der Waals surface area contributed by atoms with Gasteiger partial charge in [-0.2, -0.15) is 0 Å². The van der Waals surface area contributed by atoms with Crippen molar-refractivity contribution in [3.63, 3.8) is 0 Å². The van der Waals surface area contributed by atoms with Crippen LogP contribution in [0.2, 0.25) is 0 Å². The van der Waals surface area contributed by atoms with Crippen LogP contribution in [-0.4, -0.2) is 12.3 Å². The third-order valence-corrected chi connectivity index (χ3v) is 4.47. The molecule has 3 heteroatoms. The molecule has 0 aliphatic carbocycles. The van der Waals surface area contributed by atoms with Crippen LogP contribution in [0.3, 0.4) is 0 Å². The van der Waals surface area contributed by atoms with E-state index in [2.05, 4.69) is 53.3 Å². The lowest BCUT2D eigenvalue weighted by molar-refractivity contribution is 0.669. The van der Waals surface area contributed by atoms with Gasteiger partial charge in [0.1, 0.15) is 0 Å². The predicted molar refractivity (Wildman–Crippen MR) is 86.4 cm³/mol. The first-order valence-corrected chi connectivity index (χ1v) is 8.67. The molecular weight excluding hydrogens is 306 g/mol. The summed E-state index contributed by atoms with van der Waals surface area (Å²) in [6.07, 6.45) is 5.14. The van der Waals surface area contributed by atoms with Crippen molar-refractivity contribution in [3.8, 4) is 0 Å². The molecule has 0 bridgehead atoms. The van der Waals surface area contributed by atoms with E-state index in [4.69, 9.17) is 0 Å². The topological polar surface area (TPSA) is 12.0 Å². The van der Waals surface area contributed by atoms with Gasteiger partial charge >= 0.3 is 0 Å². The smallest absolute Gasteiger partial charge is 0.0217 e. The van der Waals surface area contributed by atoms with Crippen LogP contribution in [-0.2, 0) is 6.54 Å². The van der Waals surface area contributed by atoms with E-state index < -0.39 is 0 Å². The van der Waals surface area contributed by atoms with Crippen LogP contribution in [0.15, 0.2) is 27.6 Å². The average molecular weight is 330 g/mol. The highest BCUT2D eigenvalue weighted by Gasteiger charge is 2.03. The van der Waals surface area contributed by atoms with Crippen LogP contribution < -0.4 is 5.32 Å². The lowest BCUT2D eigenvalue weighted by Gasteiger charge is -2.10. The Morgan fingerprint density at radius 1 is 1.17 bits per heavy atom. The normalized spacial score (nSPS) is 10.8. The number of thioether (sulfide) groups is 1. The van der Waals surface area contributed by atoms with E-state index in [-0.39, 0.29) is 0 Å². The molecule has 0 saturated carbocycles. The van der Waals surface area contributed by atoms with E-state index in [1.165, 1.54) is 46.4 Å². The molecule has 0 saturated heterocycles. The molecule has 0 spiro atoms. The fourth-order valence-electron chi connectivity index (χ4n) is 1.76. The molecule has 0 heterocycles. The van der Waals surface area contributed by atoms with E-state index in [0.29, 0.717) is 0 Å². The second-order valence-electron chi connectivity index (χ2n) is 4.48. The largest absolute Gasteiger partial charge is 0.313 e. The van der Waals surface area contributed by atoms with Crippen LogP contribution in [0.5, 0.6) is 0 Å². The molecule has 0 amide bonds. The van der Waals surface area contributed by atoms with Gasteiger partial charge in [0.05, 0.1) is 0 Å². The Labute approximate surface area is 124 Å². The van der Waals surface area contributed by atoms with Crippen molar-refractivity contribution < 1.29 is 0 Å². The van der Waals surface area contributed by atoms with E-state index >= 15 is 0 Å². The minimum Gasteiger partial charge on any atom is -0.313 e. The Morgan fingerprint density at radius 3 is 2.72 bits per heavy atom. The van der Waals surface area contributed by atoms with Crippen LogP contribution in [0.25, 0.3) is 0 Å². The minimum atomic E-state index is 0.976. The summed E-state index contributed by atoms with van der Waals surface area (Å²) in [6, 6.07) is 6.62. The average Bonchev–Trinajstić information content (AvgIpc) is 2.37. The quantitative estimate of drug-likeness (QED) is 0.491. The first-order valence-electron chi connectivity index (χ1n) is 6.89. The molecule has 0 aromatic heterocycles. The van der Waals surface area contributed by atoms with Crippen molar-refractivity contribution >= 4 is 27.7 Å². The van der Waals surface area contributed by atoms with Gasteiger partial charge in [-0.15, -0.1) is 11.8 Å². The van der Waals surface area contributed by atoms with Gasteiger partial charge in [-0.05, 0) is 48.9 Å². The summed E-state index contributed by atoms with van der Waals surface area (Å²) < 4.78 is 1.17. The molecule has 1 aromatic carbocycles. The summed E-state index contributed by atoms with van der Waals surface area (Å²) in [7, 11) is 0. The zero-order valence-corrected chi connectivity index (χ0v) is 13.9. The number of benzene rings is 1. The Balaban J connectivity index is 2.52. The van der Waals surface area contributed by atoms with Gasteiger partial charge in [0.25, 0.3) is 0 Å². The van der Waals surface area contributed by atoms with E-state index in [1.807, 2.05) is 11.8 Å². The Morgan fingerprint density at radius 2 is 2.00 bits per heavy atom. The van der Waals surface area contributed by atoms with E-state index in [0.717, 1.165) is 13.1 Å². The molecule has 102 valence electrons. The van der Waals surface area contributed by atoms with Crippen LogP contribution in [0.1, 0.15) is 45.1 Å². The molecule has 0 atom stereocenters. The second kappa shape index (κ2) is 9.88. The number of hydrogen-bond donors (Lipinski definition) is 1. The van der Waals surface area contributed by atoms with Crippen LogP contribution in [0, 0.1) is 0 Å². The highest BCUT2D eigenvalue weighted by atomic mass is 79.9. The number of unbranched alkanes of at least 4 members (excludes halogenated alkanes) is 2. The SMILES string of the molecule is CCCCCSc1ccc(Br)cc1CNCCC. The molecule has 0 fully saturated rings. The first kappa shape index (κ1) is 16.1. The number of rotatable bonds is 9. The zero-order chi connectivity index (χ0) is 13.2. The maximum Gasteiger partial charge on any atom is 0.0217 e. The highest BCUT2D eigenvalue weighted by Crippen LogP contribution is 2.27. The summed E-state index contributed by atoms with van der Waals surface area (Å²) in [5, 5.41) is 3.49. The van der Waals surface area contributed by atoms with Crippen molar-refractivity contribution in [2.24, 2.45) is 0 Å². The monoisotopic (exact) mass is 329 g/mol. The van der Waals surface area contributed by atoms with Gasteiger partial charge in [-0.3, -0.25) is 0 Å². The van der Waals surface area contributed by atoms with Gasteiger partial charge in [-0.25, -0.2) is 0 Å². The third-order valence-electron chi connectivity index (χ3n) is 2.77. The van der Waals surface area contributed by atoms with Crippen molar-refractivity contribution in [2.45, 2.75) is 51.0 Å². The summed E-state index contributed by atoms with van der Waals surface area (Å²) >= 11 is 5.55. The van der Waals surface area contributed by atoms with Crippen molar-refractivity contribution in [1.82, 2.24) is 5.32 Å². The van der Waals surface area contributed by atoms with Gasteiger partial charge in [0.2, 0.25) is 0 Å². The number of nitrogens with one attached hydrogen (secondary N) is 1. The maximum absolute atomic E-state index is 3.56. The lowest BCUT2D eigenvalue weighted by atomic mass is 10.2. The Kier molecular flexibility index (Phi) is 8.82. The summed E-state index contributed by atoms with van der Waals surface area (Å²) in [6.45, 7) is 6.52. The number of halogens is 1. The molecule has 18 heavy (non-hydrogen) atoms. The Bertz CT molecular complexity index is 341. The molecule has 1 rings (SSSR count). The fourth-order valence-corrected chi connectivity index (χ4v) is 3.22. The summed E-state index contributed by atoms with van der Waals surface area (Å²) in [5.41, 5.74) is 1.42. The molecule has 1 nitrogen and oxygen atoms in total. The fraction of sp³-hybridized carbons (Fsp3) is 0.600. The molecule has 1 N–H and O–H groups in total. The maximum atomic E-state index is 3.56. The van der Waals surface area contributed by atoms with Gasteiger partial charge in [0, 0.05) is 15.9 Å². The van der Waals surface area contributed by atoms with Crippen LogP contribution >= 0.6 is 27.7 Å². The van der Waals surface area contributed by atoms with Gasteiger partial charge in [0.15, 0.2) is 0 Å². The summed E-state index contributed by atoms with van der Waals surface area (Å²) in [5.74, 6) is 1.23. The summed E-state index contributed by atoms with van der Waals surface area (Å²) in [4.78, 5) is 1.43. The van der Waals surface area contributed by atoms with E-state index in [1.54, 1.807) is 0 Å². The standard InChI is InChI=1S/C15H24BrNS/c1-3-5-6-10-18-15-8-7-14(16)11-13(15)12-17-9-4-2/h7-8,11,17H,3-6,9-10,12H2,1-2H3. The van der Waals surface area contributed by atoms with Crippen LogP contribution in [0.4, 0.5) is 0 Å². The van der Waals surface area contributed by atoms with Gasteiger partial charge in [-0.1, -0.05) is 42.6 Å². The molecule has 0 aliphatic rings. The first-order chi connectivity index (χ1) is 8.77. The molecule has 1 aromatic rings.